The van der Waals surface area contributed by atoms with Crippen LogP contribution >= 0.6 is 11.6 Å². The minimum Gasteiger partial charge on any atom is -0.352 e. The minimum atomic E-state index is 0.145. The van der Waals surface area contributed by atoms with E-state index >= 15 is 0 Å². The summed E-state index contributed by atoms with van der Waals surface area (Å²) in [4.78, 5) is 11.0. The summed E-state index contributed by atoms with van der Waals surface area (Å²) in [7, 11) is 1.88. The predicted octanol–water partition coefficient (Wildman–Crippen LogP) is 0.750. The third-order valence-electron chi connectivity index (χ3n) is 3.03. The molecule has 1 unspecified atom stereocenters. The van der Waals surface area contributed by atoms with Crippen molar-refractivity contribution in [2.45, 2.75) is 32.4 Å². The number of aromatic nitrogens is 2. The molecule has 0 radical (unpaired) electrons. The van der Waals surface area contributed by atoms with E-state index in [1.807, 2.05) is 14.0 Å². The third-order valence-corrected chi connectivity index (χ3v) is 3.52. The number of carbonyl (C=O) groups is 1. The molecular formula is C11H17ClN4O. The zero-order valence-electron chi connectivity index (χ0n) is 10.1. The van der Waals surface area contributed by atoms with Gasteiger partial charge in [0.25, 0.3) is 0 Å². The lowest BCUT2D eigenvalue weighted by atomic mass is 10.2. The summed E-state index contributed by atoms with van der Waals surface area (Å²) in [6.07, 6.45) is 1.54. The van der Waals surface area contributed by atoms with Crippen LogP contribution in [-0.4, -0.2) is 28.3 Å². The number of rotatable bonds is 4. The molecule has 1 amide bonds. The molecule has 1 aromatic rings. The van der Waals surface area contributed by atoms with Crippen LogP contribution in [0.1, 0.15) is 24.2 Å². The number of hydrogen-bond acceptors (Lipinski definition) is 3. The van der Waals surface area contributed by atoms with Crippen LogP contribution < -0.4 is 10.6 Å². The summed E-state index contributed by atoms with van der Waals surface area (Å²) in [5, 5.41) is 11.2. The van der Waals surface area contributed by atoms with Gasteiger partial charge in [0.15, 0.2) is 0 Å². The number of halogens is 1. The number of nitrogens with one attached hydrogen (secondary N) is 2. The molecule has 0 aliphatic carbocycles. The van der Waals surface area contributed by atoms with Crippen LogP contribution in [0.15, 0.2) is 0 Å². The lowest BCUT2D eigenvalue weighted by Crippen LogP contribution is -2.35. The van der Waals surface area contributed by atoms with E-state index in [1.165, 1.54) is 0 Å². The SMILES string of the molecule is Cc1nn(C)c(CNCC2CCC(=O)N2)c1Cl. The van der Waals surface area contributed by atoms with Gasteiger partial charge in [-0.3, -0.25) is 9.48 Å². The van der Waals surface area contributed by atoms with Crippen molar-refractivity contribution in [2.24, 2.45) is 7.05 Å². The molecule has 5 nitrogen and oxygen atoms in total. The highest BCUT2D eigenvalue weighted by Gasteiger charge is 2.20. The summed E-state index contributed by atoms with van der Waals surface area (Å²) in [6.45, 7) is 3.33. The number of carbonyl (C=O) groups excluding carboxylic acids is 1. The first-order chi connectivity index (χ1) is 8.08. The molecule has 6 heteroatoms. The Morgan fingerprint density at radius 1 is 1.65 bits per heavy atom. The van der Waals surface area contributed by atoms with E-state index in [9.17, 15) is 4.79 Å². The van der Waals surface area contributed by atoms with Gasteiger partial charge in [0.2, 0.25) is 5.91 Å². The second-order valence-electron chi connectivity index (χ2n) is 4.40. The summed E-state index contributed by atoms with van der Waals surface area (Å²) in [6, 6.07) is 0.246. The standard InChI is InChI=1S/C11H17ClN4O/c1-7-11(12)9(16(2)15-7)6-13-5-8-3-4-10(17)14-8/h8,13H,3-6H2,1-2H3,(H,14,17). The molecule has 1 saturated heterocycles. The molecule has 1 atom stereocenters. The van der Waals surface area contributed by atoms with Gasteiger partial charge in [-0.1, -0.05) is 11.6 Å². The second kappa shape index (κ2) is 5.06. The highest BCUT2D eigenvalue weighted by molar-refractivity contribution is 6.31. The van der Waals surface area contributed by atoms with Crippen LogP contribution in [0.3, 0.4) is 0 Å². The van der Waals surface area contributed by atoms with Gasteiger partial charge in [0, 0.05) is 32.6 Å². The van der Waals surface area contributed by atoms with Gasteiger partial charge in [-0.2, -0.15) is 5.10 Å². The van der Waals surface area contributed by atoms with E-state index < -0.39 is 0 Å². The lowest BCUT2D eigenvalue weighted by Gasteiger charge is -2.11. The van der Waals surface area contributed by atoms with Crippen molar-refractivity contribution in [3.63, 3.8) is 0 Å². The summed E-state index contributed by atoms with van der Waals surface area (Å²) >= 11 is 6.14. The van der Waals surface area contributed by atoms with Crippen molar-refractivity contribution in [2.75, 3.05) is 6.54 Å². The number of aryl methyl sites for hydroxylation is 2. The molecular weight excluding hydrogens is 240 g/mol. The Morgan fingerprint density at radius 2 is 2.41 bits per heavy atom. The van der Waals surface area contributed by atoms with Crippen LogP contribution in [0.5, 0.6) is 0 Å². The highest BCUT2D eigenvalue weighted by Crippen LogP contribution is 2.18. The minimum absolute atomic E-state index is 0.145. The van der Waals surface area contributed by atoms with Crippen LogP contribution in [0.4, 0.5) is 0 Å². The van der Waals surface area contributed by atoms with Crippen LogP contribution in [0.2, 0.25) is 5.02 Å². The Bertz CT molecular complexity index is 429. The van der Waals surface area contributed by atoms with Crippen molar-refractivity contribution in [3.05, 3.63) is 16.4 Å². The van der Waals surface area contributed by atoms with Crippen molar-refractivity contribution in [3.8, 4) is 0 Å². The topological polar surface area (TPSA) is 59.0 Å². The maximum atomic E-state index is 11.0. The molecule has 2 N–H and O–H groups in total. The van der Waals surface area contributed by atoms with E-state index in [1.54, 1.807) is 4.68 Å². The van der Waals surface area contributed by atoms with Crippen molar-refractivity contribution in [1.29, 1.82) is 0 Å². The Morgan fingerprint density at radius 3 is 2.94 bits per heavy atom. The Labute approximate surface area is 106 Å². The molecule has 17 heavy (non-hydrogen) atoms. The van der Waals surface area contributed by atoms with Gasteiger partial charge >= 0.3 is 0 Å². The van der Waals surface area contributed by atoms with Crippen LogP contribution in [-0.2, 0) is 18.4 Å². The number of nitrogens with zero attached hydrogens (tertiary/aromatic N) is 2. The van der Waals surface area contributed by atoms with Gasteiger partial charge in [0.05, 0.1) is 16.4 Å². The lowest BCUT2D eigenvalue weighted by molar-refractivity contribution is -0.119. The van der Waals surface area contributed by atoms with Gasteiger partial charge in [-0.05, 0) is 13.3 Å². The smallest absolute Gasteiger partial charge is 0.220 e. The Hall–Kier alpha value is -1.07. The summed E-state index contributed by atoms with van der Waals surface area (Å²) in [5.74, 6) is 0.145. The highest BCUT2D eigenvalue weighted by atomic mass is 35.5. The van der Waals surface area contributed by atoms with E-state index in [0.717, 1.165) is 29.4 Å². The molecule has 2 rings (SSSR count). The molecule has 0 bridgehead atoms. The van der Waals surface area contributed by atoms with E-state index in [-0.39, 0.29) is 11.9 Å². The first-order valence-corrected chi connectivity index (χ1v) is 6.13. The number of hydrogen-bond donors (Lipinski definition) is 2. The maximum absolute atomic E-state index is 11.0. The molecule has 1 aliphatic heterocycles. The van der Waals surface area contributed by atoms with Gasteiger partial charge < -0.3 is 10.6 Å². The molecule has 1 aliphatic rings. The molecule has 1 fully saturated rings. The first kappa shape index (κ1) is 12.4. The van der Waals surface area contributed by atoms with Crippen LogP contribution in [0, 0.1) is 6.92 Å². The maximum Gasteiger partial charge on any atom is 0.220 e. The second-order valence-corrected chi connectivity index (χ2v) is 4.78. The fourth-order valence-electron chi connectivity index (χ4n) is 2.07. The monoisotopic (exact) mass is 256 g/mol. The van der Waals surface area contributed by atoms with Crippen molar-refractivity contribution >= 4 is 17.5 Å². The van der Waals surface area contributed by atoms with E-state index in [2.05, 4.69) is 15.7 Å². The molecule has 0 aromatic carbocycles. The fourth-order valence-corrected chi connectivity index (χ4v) is 2.29. The van der Waals surface area contributed by atoms with Crippen molar-refractivity contribution < 1.29 is 4.79 Å². The van der Waals surface area contributed by atoms with E-state index in [4.69, 9.17) is 11.6 Å². The number of amides is 1. The van der Waals surface area contributed by atoms with Gasteiger partial charge in [-0.25, -0.2) is 0 Å². The molecule has 0 spiro atoms. The molecule has 0 saturated carbocycles. The third kappa shape index (κ3) is 2.79. The molecule has 2 heterocycles. The fraction of sp³-hybridized carbons (Fsp3) is 0.636. The quantitative estimate of drug-likeness (QED) is 0.836. The summed E-state index contributed by atoms with van der Waals surface area (Å²) < 4.78 is 1.79. The van der Waals surface area contributed by atoms with E-state index in [0.29, 0.717) is 13.0 Å². The average molecular weight is 257 g/mol. The van der Waals surface area contributed by atoms with Crippen molar-refractivity contribution in [1.82, 2.24) is 20.4 Å². The Kier molecular flexibility index (Phi) is 3.69. The normalized spacial score (nSPS) is 19.7. The predicted molar refractivity (Wildman–Crippen MR) is 65.8 cm³/mol. The van der Waals surface area contributed by atoms with Crippen LogP contribution in [0.25, 0.3) is 0 Å². The zero-order valence-corrected chi connectivity index (χ0v) is 10.8. The van der Waals surface area contributed by atoms with Gasteiger partial charge in [-0.15, -0.1) is 0 Å². The first-order valence-electron chi connectivity index (χ1n) is 5.76. The zero-order chi connectivity index (χ0) is 12.4. The molecule has 1 aromatic heterocycles. The average Bonchev–Trinajstić information content (AvgIpc) is 2.78. The Balaban J connectivity index is 1.84. The summed E-state index contributed by atoms with van der Waals surface area (Å²) in [5.41, 5.74) is 1.83. The largest absolute Gasteiger partial charge is 0.352 e. The molecule has 94 valence electrons. The van der Waals surface area contributed by atoms with Gasteiger partial charge in [0.1, 0.15) is 0 Å².